The third kappa shape index (κ3) is 6.13. The molecule has 2 fully saturated rings. The van der Waals surface area contributed by atoms with Crippen LogP contribution in [0.3, 0.4) is 0 Å². The Balaban J connectivity index is 1.63. The maximum Gasteiger partial charge on any atom is 0.410 e. The number of halogens is 4. The molecular weight excluding hydrogens is 527 g/mol. The number of nitriles is 1. The number of likely N-dealkylation sites (tertiary alicyclic amines) is 1. The van der Waals surface area contributed by atoms with E-state index in [0.29, 0.717) is 0 Å². The number of aromatic nitrogens is 3. The highest BCUT2D eigenvalue weighted by atomic mass is 35.5. The Morgan fingerprint density at radius 2 is 2.03 bits per heavy atom. The van der Waals surface area contributed by atoms with E-state index in [1.807, 2.05) is 0 Å². The third-order valence-corrected chi connectivity index (χ3v) is 6.64. The molecule has 1 amide bonds. The Hall–Kier alpha value is -3.11. The van der Waals surface area contributed by atoms with Crippen molar-refractivity contribution in [1.82, 2.24) is 24.8 Å². The molecule has 4 rings (SSSR count). The van der Waals surface area contributed by atoms with E-state index in [1.54, 1.807) is 32.7 Å². The summed E-state index contributed by atoms with van der Waals surface area (Å²) in [7, 11) is 1.58. The molecule has 0 aliphatic carbocycles. The summed E-state index contributed by atoms with van der Waals surface area (Å²) in [4.78, 5) is 30.0. The molecule has 2 aromatic rings. The zero-order chi connectivity index (χ0) is 27.8. The van der Waals surface area contributed by atoms with Crippen LogP contribution in [0, 0.1) is 17.1 Å². The average Bonchev–Trinajstić information content (AvgIpc) is 3.09. The van der Waals surface area contributed by atoms with Gasteiger partial charge in [0, 0.05) is 38.3 Å². The van der Waals surface area contributed by atoms with Crippen LogP contribution in [0.25, 0.3) is 10.9 Å². The van der Waals surface area contributed by atoms with E-state index in [1.165, 1.54) is 16.0 Å². The molecule has 0 spiro atoms. The first-order valence-corrected chi connectivity index (χ1v) is 12.5. The van der Waals surface area contributed by atoms with Gasteiger partial charge in [0.25, 0.3) is 5.92 Å². The summed E-state index contributed by atoms with van der Waals surface area (Å²) in [5.74, 6) is -3.43. The summed E-state index contributed by atoms with van der Waals surface area (Å²) in [6.07, 6.45) is 0.454. The highest BCUT2D eigenvalue weighted by Crippen LogP contribution is 2.33. The molecule has 10 nitrogen and oxygen atoms in total. The number of rotatable bonds is 5. The predicted molar refractivity (Wildman–Crippen MR) is 133 cm³/mol. The minimum atomic E-state index is -2.83. The van der Waals surface area contributed by atoms with Crippen molar-refractivity contribution in [3.8, 4) is 12.1 Å². The molecule has 2 aliphatic rings. The van der Waals surface area contributed by atoms with Crippen LogP contribution in [-0.4, -0.2) is 94.3 Å². The zero-order valence-electron chi connectivity index (χ0n) is 21.5. The molecule has 206 valence electrons. The molecule has 0 aromatic carbocycles. The zero-order valence-corrected chi connectivity index (χ0v) is 22.3. The van der Waals surface area contributed by atoms with E-state index >= 15 is 0 Å². The van der Waals surface area contributed by atoms with Crippen molar-refractivity contribution in [2.45, 2.75) is 57.2 Å². The fourth-order valence-corrected chi connectivity index (χ4v) is 4.75. The van der Waals surface area contributed by atoms with E-state index in [0.717, 1.165) is 0 Å². The number of carbonyl (C=O) groups excluding carboxylic acids is 1. The predicted octanol–water partition coefficient (Wildman–Crippen LogP) is 3.87. The molecule has 0 radical (unpaired) electrons. The first-order chi connectivity index (χ1) is 17.8. The van der Waals surface area contributed by atoms with Crippen molar-refractivity contribution in [3.63, 3.8) is 0 Å². The highest BCUT2D eigenvalue weighted by Gasteiger charge is 2.43. The smallest absolute Gasteiger partial charge is 0.410 e. The van der Waals surface area contributed by atoms with Crippen molar-refractivity contribution in [2.24, 2.45) is 0 Å². The second-order valence-electron chi connectivity index (χ2n) is 10.5. The molecule has 2 aliphatic heterocycles. The van der Waals surface area contributed by atoms with Crippen molar-refractivity contribution in [1.29, 1.82) is 5.26 Å². The number of alkyl halides is 2. The lowest BCUT2D eigenvalue weighted by Gasteiger charge is -2.41. The van der Waals surface area contributed by atoms with E-state index in [-0.39, 0.29) is 73.5 Å². The van der Waals surface area contributed by atoms with Crippen LogP contribution in [0.2, 0.25) is 5.15 Å². The first-order valence-electron chi connectivity index (χ1n) is 12.1. The number of ether oxygens (including phenoxy) is 2. The SMILES string of the molecule is CN1CC(F)(F)C[C@H]1COc1nc(N2CCN(C(=O)OC(C)(C)C)[C@@H](CC#N)C2)c2cnc(Cl)c(F)c2n1. The lowest BCUT2D eigenvalue weighted by Crippen LogP contribution is -2.56. The number of hydrogen-bond donors (Lipinski definition) is 0. The number of hydrogen-bond acceptors (Lipinski definition) is 9. The Labute approximate surface area is 223 Å². The minimum Gasteiger partial charge on any atom is -0.462 e. The Kier molecular flexibility index (Phi) is 7.76. The van der Waals surface area contributed by atoms with Crippen LogP contribution in [-0.2, 0) is 4.74 Å². The number of nitrogens with zero attached hydrogens (tertiary/aromatic N) is 7. The molecular formula is C24H29ClF3N7O3. The summed E-state index contributed by atoms with van der Waals surface area (Å²) in [6, 6.07) is 0.787. The largest absolute Gasteiger partial charge is 0.462 e. The normalized spacial score (nSPS) is 22.0. The molecule has 0 saturated carbocycles. The minimum absolute atomic E-state index is 0.0305. The Bertz CT molecular complexity index is 1250. The van der Waals surface area contributed by atoms with Crippen molar-refractivity contribution >= 4 is 34.4 Å². The lowest BCUT2D eigenvalue weighted by molar-refractivity contribution is 0.0132. The summed E-state index contributed by atoms with van der Waals surface area (Å²) in [5, 5.41) is 9.26. The van der Waals surface area contributed by atoms with Crippen molar-refractivity contribution in [2.75, 3.05) is 44.7 Å². The third-order valence-electron chi connectivity index (χ3n) is 6.38. The molecule has 2 atom stereocenters. The molecule has 0 bridgehead atoms. The number of piperazine rings is 1. The highest BCUT2D eigenvalue weighted by molar-refractivity contribution is 6.30. The van der Waals surface area contributed by atoms with Crippen LogP contribution in [0.4, 0.5) is 23.8 Å². The molecule has 14 heteroatoms. The van der Waals surface area contributed by atoms with Gasteiger partial charge in [0.05, 0.1) is 30.5 Å². The molecule has 2 aromatic heterocycles. The van der Waals surface area contributed by atoms with Crippen LogP contribution in [0.15, 0.2) is 6.20 Å². The lowest BCUT2D eigenvalue weighted by atomic mass is 10.1. The van der Waals surface area contributed by atoms with Crippen LogP contribution in [0.5, 0.6) is 6.01 Å². The van der Waals surface area contributed by atoms with Gasteiger partial charge < -0.3 is 19.3 Å². The summed E-state index contributed by atoms with van der Waals surface area (Å²) in [5.41, 5.74) is -0.846. The number of amides is 1. The van der Waals surface area contributed by atoms with Gasteiger partial charge in [-0.2, -0.15) is 15.2 Å². The maximum absolute atomic E-state index is 15.0. The van der Waals surface area contributed by atoms with Gasteiger partial charge in [0.2, 0.25) is 0 Å². The fraction of sp³-hybridized carbons (Fsp3) is 0.625. The van der Waals surface area contributed by atoms with Gasteiger partial charge in [-0.1, -0.05) is 11.6 Å². The molecule has 38 heavy (non-hydrogen) atoms. The Morgan fingerprint density at radius 1 is 1.29 bits per heavy atom. The number of carbonyl (C=O) groups is 1. The van der Waals surface area contributed by atoms with Gasteiger partial charge in [-0.25, -0.2) is 22.9 Å². The van der Waals surface area contributed by atoms with Gasteiger partial charge in [0.1, 0.15) is 23.5 Å². The summed E-state index contributed by atoms with van der Waals surface area (Å²) >= 11 is 5.90. The molecule has 2 saturated heterocycles. The van der Waals surface area contributed by atoms with Crippen molar-refractivity contribution in [3.05, 3.63) is 17.2 Å². The average molecular weight is 556 g/mol. The monoisotopic (exact) mass is 555 g/mol. The summed E-state index contributed by atoms with van der Waals surface area (Å²) < 4.78 is 53.8. The van der Waals surface area contributed by atoms with Crippen molar-refractivity contribution < 1.29 is 27.4 Å². The summed E-state index contributed by atoms with van der Waals surface area (Å²) in [6.45, 7) is 5.46. The molecule has 0 unspecified atom stereocenters. The van der Waals surface area contributed by atoms with E-state index < -0.39 is 35.5 Å². The number of pyridine rings is 1. The second kappa shape index (κ2) is 10.6. The van der Waals surface area contributed by atoms with Gasteiger partial charge in [-0.05, 0) is 27.8 Å². The van der Waals surface area contributed by atoms with Gasteiger partial charge >= 0.3 is 12.1 Å². The second-order valence-corrected chi connectivity index (χ2v) is 10.9. The number of anilines is 1. The number of fused-ring (bicyclic) bond motifs is 1. The van der Waals surface area contributed by atoms with Crippen LogP contribution in [0.1, 0.15) is 33.6 Å². The maximum atomic E-state index is 15.0. The van der Waals surface area contributed by atoms with Crippen LogP contribution < -0.4 is 9.64 Å². The van der Waals surface area contributed by atoms with Crippen LogP contribution >= 0.6 is 11.6 Å². The van der Waals surface area contributed by atoms with Gasteiger partial charge in [0.15, 0.2) is 11.0 Å². The Morgan fingerprint density at radius 3 is 2.66 bits per heavy atom. The van der Waals surface area contributed by atoms with E-state index in [2.05, 4.69) is 21.0 Å². The molecule has 0 N–H and O–H groups in total. The number of likely N-dealkylation sites (N-methyl/N-ethyl adjacent to an activating group) is 1. The fourth-order valence-electron chi connectivity index (χ4n) is 4.61. The van der Waals surface area contributed by atoms with E-state index in [9.17, 15) is 23.2 Å². The topological polar surface area (TPSA) is 108 Å². The van der Waals surface area contributed by atoms with Gasteiger partial charge in [-0.3, -0.25) is 4.90 Å². The van der Waals surface area contributed by atoms with Gasteiger partial charge in [-0.15, -0.1) is 0 Å². The standard InChI is InChI=1S/C24H29ClF3N7O3/c1-23(2,3)38-22(36)35-8-7-34(11-14(35)5-6-29)20-16-10-30-19(25)17(26)18(16)31-21(32-20)37-12-15-9-24(27,28)13-33(15)4/h10,14-15H,5,7-9,11-13H2,1-4H3/t14-,15-/m0/s1. The first kappa shape index (κ1) is 27.9. The van der Waals surface area contributed by atoms with E-state index in [4.69, 9.17) is 21.1 Å². The quantitative estimate of drug-likeness (QED) is 0.508. The molecule has 4 heterocycles.